The van der Waals surface area contributed by atoms with Crippen molar-refractivity contribution in [3.63, 3.8) is 0 Å². The summed E-state index contributed by atoms with van der Waals surface area (Å²) in [5, 5.41) is 11.7. The van der Waals surface area contributed by atoms with E-state index in [0.29, 0.717) is 11.7 Å². The number of Topliss-reactive ketones (excluding diaryl/α,β-unsaturated/α-hetero) is 1. The van der Waals surface area contributed by atoms with E-state index in [1.165, 1.54) is 26.6 Å². The Morgan fingerprint density at radius 2 is 1.64 bits per heavy atom. The number of nitrogens with zero attached hydrogens (tertiary/aromatic N) is 2. The summed E-state index contributed by atoms with van der Waals surface area (Å²) in [6, 6.07) is 14.8. The molecule has 8 heteroatoms. The van der Waals surface area contributed by atoms with Gasteiger partial charge >= 0.3 is 0 Å². The zero-order chi connectivity index (χ0) is 26.3. The van der Waals surface area contributed by atoms with Crippen LogP contribution in [0.2, 0.25) is 0 Å². The van der Waals surface area contributed by atoms with Crippen LogP contribution in [-0.4, -0.2) is 84.5 Å². The number of amides is 2. The average Bonchev–Trinajstić information content (AvgIpc) is 2.89. The van der Waals surface area contributed by atoms with Crippen LogP contribution in [0.25, 0.3) is 0 Å². The third-order valence-electron chi connectivity index (χ3n) is 6.50. The number of carbonyl (C=O) groups excluding carboxylic acids is 3. The van der Waals surface area contributed by atoms with Gasteiger partial charge < -0.3 is 20.1 Å². The molecule has 2 amide bonds. The molecule has 0 aromatic heterocycles. The number of nitrogens with one attached hydrogen (secondary N) is 1. The Balaban J connectivity index is 1.63. The maximum atomic E-state index is 13.0. The molecule has 2 aromatic carbocycles. The summed E-state index contributed by atoms with van der Waals surface area (Å²) in [5.41, 5.74) is 1.31. The van der Waals surface area contributed by atoms with Crippen molar-refractivity contribution in [1.82, 2.24) is 15.1 Å². The Kier molecular flexibility index (Phi) is 8.99. The quantitative estimate of drug-likeness (QED) is 0.407. The number of likely N-dealkylation sites (N-methyl/N-ethyl adjacent to an activating group) is 2. The molecule has 1 atom stereocenters. The Morgan fingerprint density at radius 3 is 2.14 bits per heavy atom. The lowest BCUT2D eigenvalue weighted by Gasteiger charge is -2.38. The molecule has 8 nitrogen and oxygen atoms in total. The molecule has 1 fully saturated rings. The van der Waals surface area contributed by atoms with Crippen molar-refractivity contribution in [2.45, 2.75) is 32.0 Å². The molecule has 1 saturated heterocycles. The fourth-order valence-corrected chi connectivity index (χ4v) is 4.04. The van der Waals surface area contributed by atoms with Crippen LogP contribution >= 0.6 is 0 Å². The van der Waals surface area contributed by atoms with Crippen LogP contribution < -0.4 is 5.32 Å². The number of rotatable bonds is 9. The number of hydrogen-bond acceptors (Lipinski definition) is 6. The van der Waals surface area contributed by atoms with Crippen LogP contribution in [0.5, 0.6) is 0 Å². The molecule has 190 valence electrons. The number of carbonyl (C=O) groups is 3. The molecule has 2 N–H and O–H groups in total. The normalized spacial score (nSPS) is 15.1. The largest absolute Gasteiger partial charge is 0.388 e. The van der Waals surface area contributed by atoms with Crippen LogP contribution in [-0.2, 0) is 20.9 Å². The molecule has 0 spiro atoms. The lowest BCUT2D eigenvalue weighted by molar-refractivity contribution is -0.143. The van der Waals surface area contributed by atoms with Gasteiger partial charge in [-0.2, -0.15) is 0 Å². The first-order chi connectivity index (χ1) is 17.2. The Morgan fingerprint density at radius 1 is 1.08 bits per heavy atom. The predicted octanol–water partition coefficient (Wildman–Crippen LogP) is 1.45. The highest BCUT2D eigenvalue weighted by atomic mass is 16.5. The number of hydrogen-bond donors (Lipinski definition) is 2. The number of aliphatic hydroxyl groups excluding tert-OH is 1. The van der Waals surface area contributed by atoms with Gasteiger partial charge in [0.05, 0.1) is 6.10 Å². The predicted molar refractivity (Wildman–Crippen MR) is 136 cm³/mol. The van der Waals surface area contributed by atoms with E-state index < -0.39 is 29.7 Å². The lowest BCUT2D eigenvalue weighted by atomic mass is 9.92. The van der Waals surface area contributed by atoms with Crippen molar-refractivity contribution >= 4 is 17.6 Å². The molecule has 1 aliphatic rings. The molecule has 2 aromatic rings. The summed E-state index contributed by atoms with van der Waals surface area (Å²) in [7, 11) is 2.73. The van der Waals surface area contributed by atoms with Crippen molar-refractivity contribution in [3.8, 4) is 11.8 Å². The fourth-order valence-electron chi connectivity index (χ4n) is 4.04. The van der Waals surface area contributed by atoms with Gasteiger partial charge in [-0.05, 0) is 55.8 Å². The molecule has 0 radical (unpaired) electrons. The van der Waals surface area contributed by atoms with Crippen molar-refractivity contribution in [3.05, 3.63) is 70.8 Å². The minimum atomic E-state index is -1.83. The second-order valence-corrected chi connectivity index (χ2v) is 8.89. The summed E-state index contributed by atoms with van der Waals surface area (Å²) in [4.78, 5) is 41.0. The van der Waals surface area contributed by atoms with Gasteiger partial charge in [-0.15, -0.1) is 0 Å². The van der Waals surface area contributed by atoms with Crippen LogP contribution in [0.15, 0.2) is 48.5 Å². The Hall–Kier alpha value is -3.51. The van der Waals surface area contributed by atoms with Crippen molar-refractivity contribution in [2.24, 2.45) is 0 Å². The lowest BCUT2D eigenvalue weighted by Crippen LogP contribution is -2.62. The minimum Gasteiger partial charge on any atom is -0.388 e. The topological polar surface area (TPSA) is 99.2 Å². The first kappa shape index (κ1) is 27.1. The number of aliphatic hydroxyl groups is 1. The first-order valence-electron chi connectivity index (χ1n) is 11.9. The van der Waals surface area contributed by atoms with Crippen LogP contribution in [0, 0.1) is 11.8 Å². The molecule has 0 bridgehead atoms. The number of likely N-dealkylation sites (tertiary alicyclic amines) is 1. The molecular formula is C28H33N3O5. The highest BCUT2D eigenvalue weighted by Gasteiger charge is 2.46. The summed E-state index contributed by atoms with van der Waals surface area (Å²) in [6.45, 7) is 6.05. The van der Waals surface area contributed by atoms with Gasteiger partial charge in [-0.25, -0.2) is 0 Å². The molecule has 1 heterocycles. The zero-order valence-corrected chi connectivity index (χ0v) is 21.2. The molecule has 1 aliphatic heterocycles. The van der Waals surface area contributed by atoms with Gasteiger partial charge in [0.25, 0.3) is 11.8 Å². The monoisotopic (exact) mass is 491 g/mol. The van der Waals surface area contributed by atoms with Crippen molar-refractivity contribution in [1.29, 1.82) is 0 Å². The minimum absolute atomic E-state index is 0.297. The number of ether oxygens (including phenoxy) is 1. The number of ketones is 1. The summed E-state index contributed by atoms with van der Waals surface area (Å²) in [5.74, 6) is 4.25. The second-order valence-electron chi connectivity index (χ2n) is 8.89. The molecule has 3 rings (SSSR count). The van der Waals surface area contributed by atoms with Gasteiger partial charge in [0.2, 0.25) is 0 Å². The van der Waals surface area contributed by atoms with Crippen LogP contribution in [0.1, 0.15) is 40.9 Å². The van der Waals surface area contributed by atoms with E-state index in [9.17, 15) is 19.5 Å². The zero-order valence-electron chi connectivity index (χ0n) is 21.2. The van der Waals surface area contributed by atoms with Gasteiger partial charge in [0.1, 0.15) is 6.61 Å². The van der Waals surface area contributed by atoms with E-state index in [4.69, 9.17) is 4.74 Å². The van der Waals surface area contributed by atoms with E-state index >= 15 is 0 Å². The summed E-state index contributed by atoms with van der Waals surface area (Å²) < 4.78 is 5.59. The molecule has 0 unspecified atom stereocenters. The highest BCUT2D eigenvalue weighted by molar-refractivity contribution is 6.14. The fraction of sp³-hybridized carbons (Fsp3) is 0.393. The van der Waals surface area contributed by atoms with E-state index in [1.54, 1.807) is 24.3 Å². The Labute approximate surface area is 212 Å². The van der Waals surface area contributed by atoms with Crippen LogP contribution in [0.4, 0.5) is 0 Å². The van der Waals surface area contributed by atoms with Gasteiger partial charge in [-0.1, -0.05) is 24.0 Å². The Bertz CT molecular complexity index is 1130. The van der Waals surface area contributed by atoms with Gasteiger partial charge in [-0.3, -0.25) is 19.3 Å². The van der Waals surface area contributed by atoms with E-state index in [-0.39, 0.29) is 0 Å². The standard InChI is InChI=1S/C28H33N3O5/c1-5-36-24-17-31(18-24)16-22-10-8-20(9-11-22)6-7-21-12-14-23(15-13-21)26(34)30(4)28(2,25(33)19-32)27(35)29-3/h8-15,24,32H,5,16-19H2,1-4H3,(H,29,35)/t28-/m1/s1. The molecule has 0 saturated carbocycles. The first-order valence-corrected chi connectivity index (χ1v) is 11.9. The average molecular weight is 492 g/mol. The SMILES string of the molecule is CCOC1CN(Cc2ccc(C#Cc3ccc(C(=O)N(C)[C@](C)(C(=O)CO)C(=O)NC)cc3)cc2)C1. The van der Waals surface area contributed by atoms with Gasteiger partial charge in [0, 0.05) is 57.0 Å². The highest BCUT2D eigenvalue weighted by Crippen LogP contribution is 2.19. The number of benzene rings is 2. The maximum Gasteiger partial charge on any atom is 0.254 e. The van der Waals surface area contributed by atoms with Gasteiger partial charge in [0.15, 0.2) is 11.3 Å². The summed E-state index contributed by atoms with van der Waals surface area (Å²) in [6.07, 6.45) is 0.352. The van der Waals surface area contributed by atoms with E-state index in [1.807, 2.05) is 19.1 Å². The van der Waals surface area contributed by atoms with Crippen molar-refractivity contribution in [2.75, 3.05) is 40.4 Å². The van der Waals surface area contributed by atoms with Crippen LogP contribution in [0.3, 0.4) is 0 Å². The van der Waals surface area contributed by atoms with Crippen molar-refractivity contribution < 1.29 is 24.2 Å². The van der Waals surface area contributed by atoms with E-state index in [2.05, 4.69) is 34.2 Å². The summed E-state index contributed by atoms with van der Waals surface area (Å²) >= 11 is 0. The third-order valence-corrected chi connectivity index (χ3v) is 6.50. The molecular weight excluding hydrogens is 458 g/mol. The second kappa shape index (κ2) is 12.0. The molecule has 0 aliphatic carbocycles. The van der Waals surface area contributed by atoms with E-state index in [0.717, 1.165) is 42.3 Å². The maximum absolute atomic E-state index is 13.0. The smallest absolute Gasteiger partial charge is 0.254 e. The molecule has 36 heavy (non-hydrogen) atoms. The third kappa shape index (κ3) is 6.00.